The fraction of sp³-hybridized carbons (Fsp3) is 0.360. The molecule has 3 N–H and O–H groups in total. The second-order valence-corrected chi connectivity index (χ2v) is 8.32. The third-order valence-electron chi connectivity index (χ3n) is 6.18. The van der Waals surface area contributed by atoms with Crippen molar-refractivity contribution in [3.8, 4) is 17.0 Å². The van der Waals surface area contributed by atoms with Crippen molar-refractivity contribution < 1.29 is 9.84 Å². The van der Waals surface area contributed by atoms with E-state index in [1.54, 1.807) is 0 Å². The minimum atomic E-state index is 0.000650. The van der Waals surface area contributed by atoms with Gasteiger partial charge < -0.3 is 20.5 Å². The van der Waals surface area contributed by atoms with Gasteiger partial charge in [-0.3, -0.25) is 0 Å². The Kier molecular flexibility index (Phi) is 5.92. The standard InChI is InChI=1S/C25H29N5O2/c1-17-25-22-6-5-19(18-7-10-26-11-8-18)15-23(22)24(9-12-30(25)29-28-17)27-20-3-2-4-21(16-20)32-14-13-31/h2-7,15-16,24,26-27,31H,8-14H2,1H3. The number of anilines is 1. The highest BCUT2D eigenvalue weighted by Gasteiger charge is 2.26. The highest BCUT2D eigenvalue weighted by atomic mass is 16.5. The van der Waals surface area contributed by atoms with Gasteiger partial charge in [0.25, 0.3) is 0 Å². The lowest BCUT2D eigenvalue weighted by Gasteiger charge is -2.23. The summed E-state index contributed by atoms with van der Waals surface area (Å²) in [5.74, 6) is 0.750. The summed E-state index contributed by atoms with van der Waals surface area (Å²) in [4.78, 5) is 0. The van der Waals surface area contributed by atoms with Crippen LogP contribution in [0.3, 0.4) is 0 Å². The van der Waals surface area contributed by atoms with Crippen LogP contribution in [0, 0.1) is 6.92 Å². The third-order valence-corrected chi connectivity index (χ3v) is 6.18. The molecule has 1 aromatic heterocycles. The predicted octanol–water partition coefficient (Wildman–Crippen LogP) is 3.56. The lowest BCUT2D eigenvalue weighted by atomic mass is 9.90. The van der Waals surface area contributed by atoms with Crippen LogP contribution in [0.1, 0.15) is 35.7 Å². The van der Waals surface area contributed by atoms with E-state index in [1.165, 1.54) is 22.3 Å². The Balaban J connectivity index is 1.53. The number of benzene rings is 2. The number of aliphatic hydroxyl groups excluding tert-OH is 1. The van der Waals surface area contributed by atoms with Gasteiger partial charge in [-0.05, 0) is 61.2 Å². The molecule has 2 aromatic carbocycles. The molecule has 166 valence electrons. The van der Waals surface area contributed by atoms with Crippen molar-refractivity contribution in [1.82, 2.24) is 20.3 Å². The smallest absolute Gasteiger partial charge is 0.121 e. The summed E-state index contributed by atoms with van der Waals surface area (Å²) in [5, 5.41) is 24.9. The van der Waals surface area contributed by atoms with Crippen molar-refractivity contribution in [2.24, 2.45) is 0 Å². The van der Waals surface area contributed by atoms with E-state index in [-0.39, 0.29) is 19.3 Å². The Bertz CT molecular complexity index is 1140. The number of nitrogens with one attached hydrogen (secondary N) is 2. The summed E-state index contributed by atoms with van der Waals surface area (Å²) in [6, 6.07) is 14.9. The maximum absolute atomic E-state index is 9.06. The third kappa shape index (κ3) is 4.13. The van der Waals surface area contributed by atoms with Gasteiger partial charge in [0.1, 0.15) is 12.4 Å². The van der Waals surface area contributed by atoms with E-state index in [0.717, 1.165) is 55.3 Å². The summed E-state index contributed by atoms with van der Waals surface area (Å²) in [6.45, 7) is 5.05. The Morgan fingerprint density at radius 1 is 1.25 bits per heavy atom. The molecular weight excluding hydrogens is 402 g/mol. The van der Waals surface area contributed by atoms with Crippen LogP contribution in [0.2, 0.25) is 0 Å². The summed E-state index contributed by atoms with van der Waals surface area (Å²) in [6.07, 6.45) is 4.23. The SMILES string of the molecule is Cc1nnn2c1-c1ccc(C3=CCNCC3)cc1C(Nc1cccc(OCCO)c1)CC2. The van der Waals surface area contributed by atoms with Gasteiger partial charge in [-0.25, -0.2) is 4.68 Å². The molecule has 0 fully saturated rings. The largest absolute Gasteiger partial charge is 0.491 e. The van der Waals surface area contributed by atoms with Crippen molar-refractivity contribution in [3.63, 3.8) is 0 Å². The molecule has 0 spiro atoms. The zero-order chi connectivity index (χ0) is 21.9. The fourth-order valence-electron chi connectivity index (χ4n) is 4.64. The molecule has 1 atom stereocenters. The Morgan fingerprint density at radius 3 is 3.03 bits per heavy atom. The quantitative estimate of drug-likeness (QED) is 0.554. The second kappa shape index (κ2) is 9.14. The molecule has 32 heavy (non-hydrogen) atoms. The molecule has 0 bridgehead atoms. The average molecular weight is 432 g/mol. The monoisotopic (exact) mass is 431 g/mol. The molecule has 0 saturated carbocycles. The van der Waals surface area contributed by atoms with Gasteiger partial charge in [-0.2, -0.15) is 0 Å². The highest BCUT2D eigenvalue weighted by molar-refractivity contribution is 5.74. The average Bonchev–Trinajstić information content (AvgIpc) is 3.13. The first-order valence-electron chi connectivity index (χ1n) is 11.3. The lowest BCUT2D eigenvalue weighted by Crippen LogP contribution is -2.20. The highest BCUT2D eigenvalue weighted by Crippen LogP contribution is 2.39. The minimum Gasteiger partial charge on any atom is -0.491 e. The van der Waals surface area contributed by atoms with Gasteiger partial charge in [-0.15, -0.1) is 5.10 Å². The van der Waals surface area contributed by atoms with Crippen molar-refractivity contribution in [2.75, 3.05) is 31.6 Å². The van der Waals surface area contributed by atoms with Gasteiger partial charge >= 0.3 is 0 Å². The van der Waals surface area contributed by atoms with Crippen LogP contribution in [0.4, 0.5) is 5.69 Å². The molecule has 2 aliphatic rings. The Morgan fingerprint density at radius 2 is 2.19 bits per heavy atom. The topological polar surface area (TPSA) is 84.2 Å². The number of hydrogen-bond acceptors (Lipinski definition) is 6. The molecule has 7 heteroatoms. The first-order chi connectivity index (χ1) is 15.7. The number of aryl methyl sites for hydroxylation is 2. The number of aromatic nitrogens is 3. The summed E-state index contributed by atoms with van der Waals surface area (Å²) >= 11 is 0. The molecule has 0 aliphatic carbocycles. The van der Waals surface area contributed by atoms with E-state index in [9.17, 15) is 0 Å². The van der Waals surface area contributed by atoms with Gasteiger partial charge in [-0.1, -0.05) is 29.5 Å². The number of ether oxygens (including phenoxy) is 1. The van der Waals surface area contributed by atoms with Crippen molar-refractivity contribution in [1.29, 1.82) is 0 Å². The second-order valence-electron chi connectivity index (χ2n) is 8.32. The summed E-state index contributed by atoms with van der Waals surface area (Å²) < 4.78 is 7.63. The molecule has 0 radical (unpaired) electrons. The number of rotatable bonds is 6. The number of fused-ring (bicyclic) bond motifs is 3. The van der Waals surface area contributed by atoms with Gasteiger partial charge in [0.15, 0.2) is 0 Å². The summed E-state index contributed by atoms with van der Waals surface area (Å²) in [5.41, 5.74) is 8.21. The minimum absolute atomic E-state index is 0.000650. The van der Waals surface area contributed by atoms with Crippen LogP contribution in [-0.2, 0) is 6.54 Å². The maximum Gasteiger partial charge on any atom is 0.121 e. The molecule has 5 rings (SSSR count). The molecule has 7 nitrogen and oxygen atoms in total. The van der Waals surface area contributed by atoms with Crippen LogP contribution < -0.4 is 15.4 Å². The summed E-state index contributed by atoms with van der Waals surface area (Å²) in [7, 11) is 0. The molecule has 1 unspecified atom stereocenters. The van der Waals surface area contributed by atoms with Crippen LogP contribution in [0.25, 0.3) is 16.8 Å². The normalized spacial score (nSPS) is 17.7. The fourth-order valence-corrected chi connectivity index (χ4v) is 4.64. The number of hydrogen-bond donors (Lipinski definition) is 3. The zero-order valence-electron chi connectivity index (χ0n) is 18.3. The van der Waals surface area contributed by atoms with Crippen molar-refractivity contribution in [2.45, 2.75) is 32.4 Å². The molecule has 2 aliphatic heterocycles. The van der Waals surface area contributed by atoms with E-state index < -0.39 is 0 Å². The van der Waals surface area contributed by atoms with E-state index in [1.807, 2.05) is 29.8 Å². The molecule has 3 heterocycles. The van der Waals surface area contributed by atoms with E-state index in [4.69, 9.17) is 9.84 Å². The van der Waals surface area contributed by atoms with E-state index in [0.29, 0.717) is 0 Å². The van der Waals surface area contributed by atoms with Crippen LogP contribution >= 0.6 is 0 Å². The zero-order valence-corrected chi connectivity index (χ0v) is 18.3. The van der Waals surface area contributed by atoms with E-state index in [2.05, 4.69) is 51.3 Å². The van der Waals surface area contributed by atoms with Crippen molar-refractivity contribution >= 4 is 11.3 Å². The van der Waals surface area contributed by atoms with Crippen LogP contribution in [-0.4, -0.2) is 46.4 Å². The van der Waals surface area contributed by atoms with Gasteiger partial charge in [0, 0.05) is 30.4 Å². The predicted molar refractivity (Wildman–Crippen MR) is 126 cm³/mol. The number of nitrogens with zero attached hydrogens (tertiary/aromatic N) is 3. The van der Waals surface area contributed by atoms with Gasteiger partial charge in [0.05, 0.1) is 24.0 Å². The molecular formula is C25H29N5O2. The Labute approximate surface area is 188 Å². The lowest BCUT2D eigenvalue weighted by molar-refractivity contribution is 0.201. The van der Waals surface area contributed by atoms with Crippen LogP contribution in [0.15, 0.2) is 48.5 Å². The maximum atomic E-state index is 9.06. The number of aliphatic hydroxyl groups is 1. The molecule has 0 saturated heterocycles. The first-order valence-corrected chi connectivity index (χ1v) is 11.3. The van der Waals surface area contributed by atoms with Crippen molar-refractivity contribution in [3.05, 3.63) is 65.4 Å². The van der Waals surface area contributed by atoms with E-state index >= 15 is 0 Å². The Hall–Kier alpha value is -3.16. The molecule has 0 amide bonds. The van der Waals surface area contributed by atoms with Gasteiger partial charge in [0.2, 0.25) is 0 Å². The molecule has 3 aromatic rings. The first kappa shape index (κ1) is 20.7. The van der Waals surface area contributed by atoms with Crippen LogP contribution in [0.5, 0.6) is 5.75 Å².